The van der Waals surface area contributed by atoms with Gasteiger partial charge in [0.1, 0.15) is 17.1 Å². The summed E-state index contributed by atoms with van der Waals surface area (Å²) in [6.45, 7) is 1.60. The molecule has 0 aromatic heterocycles. The first-order chi connectivity index (χ1) is 10.5. The molecule has 3 nitrogen and oxygen atoms in total. The number of halogens is 1. The Morgan fingerprint density at radius 3 is 2.14 bits per heavy atom. The number of hydrogen-bond acceptors (Lipinski definition) is 3. The van der Waals surface area contributed by atoms with Gasteiger partial charge in [-0.2, -0.15) is 0 Å². The quantitative estimate of drug-likeness (QED) is 0.845. The summed E-state index contributed by atoms with van der Waals surface area (Å²) >= 11 is 5.83. The van der Waals surface area contributed by atoms with Crippen LogP contribution in [0.1, 0.15) is 18.9 Å². The van der Waals surface area contributed by atoms with E-state index in [1.54, 1.807) is 55.5 Å². The van der Waals surface area contributed by atoms with Crippen LogP contribution in [0, 0.1) is 11.8 Å². The molecule has 0 aliphatic rings. The molecule has 0 spiro atoms. The molecule has 2 rings (SSSR count). The fraction of sp³-hybridized carbons (Fsp3) is 0.222. The predicted octanol–water partition coefficient (Wildman–Crippen LogP) is 3.73. The molecule has 0 radical (unpaired) electrons. The highest BCUT2D eigenvalue weighted by atomic mass is 35.5. The van der Waals surface area contributed by atoms with Crippen LogP contribution in [0.25, 0.3) is 0 Å². The van der Waals surface area contributed by atoms with Crippen molar-refractivity contribution in [1.82, 2.24) is 0 Å². The average Bonchev–Trinajstić information content (AvgIpc) is 2.50. The van der Waals surface area contributed by atoms with Crippen LogP contribution >= 0.6 is 11.6 Å². The summed E-state index contributed by atoms with van der Waals surface area (Å²) in [5.41, 5.74) is -0.588. The number of aliphatic hydroxyl groups excluding tert-OH is 1. The smallest absolute Gasteiger partial charge is 0.148 e. The van der Waals surface area contributed by atoms with E-state index >= 15 is 0 Å². The molecule has 1 atom stereocenters. The van der Waals surface area contributed by atoms with Gasteiger partial charge in [0.25, 0.3) is 0 Å². The van der Waals surface area contributed by atoms with Crippen molar-refractivity contribution in [3.8, 4) is 23.3 Å². The number of hydrogen-bond donors (Lipinski definition) is 2. The van der Waals surface area contributed by atoms with E-state index in [1.807, 2.05) is 0 Å². The lowest BCUT2D eigenvalue weighted by Crippen LogP contribution is -2.18. The van der Waals surface area contributed by atoms with Crippen LogP contribution in [0.2, 0.25) is 5.02 Å². The third-order valence-electron chi connectivity index (χ3n) is 3.03. The van der Waals surface area contributed by atoms with E-state index in [2.05, 4.69) is 11.8 Å². The lowest BCUT2D eigenvalue weighted by atomic mass is 9.96. The first kappa shape index (κ1) is 16.4. The van der Waals surface area contributed by atoms with Crippen molar-refractivity contribution >= 4 is 11.6 Å². The van der Waals surface area contributed by atoms with Crippen molar-refractivity contribution in [3.05, 3.63) is 59.1 Å². The molecule has 22 heavy (non-hydrogen) atoms. The molecule has 0 aliphatic carbocycles. The molecule has 2 aromatic rings. The van der Waals surface area contributed by atoms with E-state index in [4.69, 9.17) is 21.4 Å². The van der Waals surface area contributed by atoms with Crippen molar-refractivity contribution in [2.75, 3.05) is 6.61 Å². The molecule has 1 unspecified atom stereocenters. The van der Waals surface area contributed by atoms with Gasteiger partial charge < -0.3 is 14.9 Å². The van der Waals surface area contributed by atoms with Crippen molar-refractivity contribution in [3.63, 3.8) is 0 Å². The third-order valence-corrected chi connectivity index (χ3v) is 3.29. The van der Waals surface area contributed by atoms with Crippen LogP contribution in [0.15, 0.2) is 48.5 Å². The summed E-state index contributed by atoms with van der Waals surface area (Å²) in [5.74, 6) is 6.83. The molecule has 0 bridgehead atoms. The van der Waals surface area contributed by atoms with Gasteiger partial charge in [-0.1, -0.05) is 35.6 Å². The highest BCUT2D eigenvalue weighted by Crippen LogP contribution is 2.26. The zero-order valence-corrected chi connectivity index (χ0v) is 13.0. The maximum atomic E-state index is 10.3. The SMILES string of the molecule is CC(O)(C#CCCO)c1ccc(Oc2ccc(Cl)cc2)cc1. The minimum atomic E-state index is -1.26. The van der Waals surface area contributed by atoms with Crippen LogP contribution in [-0.4, -0.2) is 16.8 Å². The summed E-state index contributed by atoms with van der Waals surface area (Å²) < 4.78 is 5.69. The van der Waals surface area contributed by atoms with Gasteiger partial charge in [0.15, 0.2) is 0 Å². The van der Waals surface area contributed by atoms with Gasteiger partial charge in [0.2, 0.25) is 0 Å². The first-order valence-electron chi connectivity index (χ1n) is 6.88. The van der Waals surface area contributed by atoms with Gasteiger partial charge in [-0.25, -0.2) is 0 Å². The van der Waals surface area contributed by atoms with Crippen LogP contribution in [0.5, 0.6) is 11.5 Å². The molecular formula is C18H17ClO3. The lowest BCUT2D eigenvalue weighted by Gasteiger charge is -2.17. The number of ether oxygens (including phenoxy) is 1. The summed E-state index contributed by atoms with van der Waals surface area (Å²) in [5, 5.41) is 19.7. The number of benzene rings is 2. The van der Waals surface area contributed by atoms with E-state index in [9.17, 15) is 5.11 Å². The lowest BCUT2D eigenvalue weighted by molar-refractivity contribution is 0.122. The van der Waals surface area contributed by atoms with Gasteiger partial charge in [-0.05, 0) is 48.9 Å². The largest absolute Gasteiger partial charge is 0.457 e. The monoisotopic (exact) mass is 316 g/mol. The minimum absolute atomic E-state index is 0.0169. The summed E-state index contributed by atoms with van der Waals surface area (Å²) in [4.78, 5) is 0. The van der Waals surface area contributed by atoms with Crippen LogP contribution in [0.3, 0.4) is 0 Å². The molecule has 0 amide bonds. The third kappa shape index (κ3) is 4.51. The Morgan fingerprint density at radius 1 is 1.05 bits per heavy atom. The van der Waals surface area contributed by atoms with E-state index < -0.39 is 5.60 Å². The topological polar surface area (TPSA) is 49.7 Å². The molecular weight excluding hydrogens is 300 g/mol. The van der Waals surface area contributed by atoms with E-state index in [1.165, 1.54) is 0 Å². The number of aliphatic hydroxyl groups is 2. The fourth-order valence-electron chi connectivity index (χ4n) is 1.85. The van der Waals surface area contributed by atoms with Gasteiger partial charge in [0, 0.05) is 11.4 Å². The second-order valence-electron chi connectivity index (χ2n) is 4.93. The Hall–Kier alpha value is -1.99. The van der Waals surface area contributed by atoms with Crippen molar-refractivity contribution in [1.29, 1.82) is 0 Å². The average molecular weight is 317 g/mol. The highest BCUT2D eigenvalue weighted by molar-refractivity contribution is 6.30. The molecule has 0 aliphatic heterocycles. The Morgan fingerprint density at radius 2 is 1.59 bits per heavy atom. The van der Waals surface area contributed by atoms with Crippen molar-refractivity contribution in [2.45, 2.75) is 18.9 Å². The normalized spacial score (nSPS) is 12.9. The molecule has 2 N–H and O–H groups in total. The van der Waals surface area contributed by atoms with E-state index in [0.29, 0.717) is 28.5 Å². The van der Waals surface area contributed by atoms with Gasteiger partial charge in [0.05, 0.1) is 6.61 Å². The van der Waals surface area contributed by atoms with Crippen LogP contribution < -0.4 is 4.74 Å². The Labute approximate surface area is 135 Å². The summed E-state index contributed by atoms with van der Waals surface area (Å²) in [6, 6.07) is 14.1. The van der Waals surface area contributed by atoms with Gasteiger partial charge in [-0.15, -0.1) is 0 Å². The van der Waals surface area contributed by atoms with Crippen molar-refractivity contribution in [2.24, 2.45) is 0 Å². The molecule has 2 aromatic carbocycles. The second-order valence-corrected chi connectivity index (χ2v) is 5.36. The maximum absolute atomic E-state index is 10.3. The Kier molecular flexibility index (Phi) is 5.46. The predicted molar refractivity (Wildman–Crippen MR) is 87.0 cm³/mol. The summed E-state index contributed by atoms with van der Waals surface area (Å²) in [6.07, 6.45) is 0.341. The molecule has 114 valence electrons. The number of rotatable bonds is 4. The minimum Gasteiger partial charge on any atom is -0.457 e. The van der Waals surface area contributed by atoms with Crippen LogP contribution in [-0.2, 0) is 5.60 Å². The molecule has 4 heteroatoms. The van der Waals surface area contributed by atoms with Crippen LogP contribution in [0.4, 0.5) is 0 Å². The zero-order valence-electron chi connectivity index (χ0n) is 12.2. The Balaban J connectivity index is 2.10. The zero-order chi connectivity index (χ0) is 16.0. The molecule has 0 heterocycles. The highest BCUT2D eigenvalue weighted by Gasteiger charge is 2.19. The molecule has 0 saturated heterocycles. The van der Waals surface area contributed by atoms with Crippen molar-refractivity contribution < 1.29 is 14.9 Å². The second kappa shape index (κ2) is 7.33. The fourth-order valence-corrected chi connectivity index (χ4v) is 1.97. The first-order valence-corrected chi connectivity index (χ1v) is 7.26. The van der Waals surface area contributed by atoms with E-state index in [-0.39, 0.29) is 6.61 Å². The van der Waals surface area contributed by atoms with Gasteiger partial charge in [-0.3, -0.25) is 0 Å². The maximum Gasteiger partial charge on any atom is 0.148 e. The molecule has 0 fully saturated rings. The van der Waals surface area contributed by atoms with Gasteiger partial charge >= 0.3 is 0 Å². The van der Waals surface area contributed by atoms with E-state index in [0.717, 1.165) is 0 Å². The Bertz CT molecular complexity index is 664. The standard InChI is InChI=1S/C18H17ClO3/c1-18(21,12-2-3-13-20)14-4-8-16(9-5-14)22-17-10-6-15(19)7-11-17/h4-11,20-21H,3,13H2,1H3. The summed E-state index contributed by atoms with van der Waals surface area (Å²) in [7, 11) is 0. The molecule has 0 saturated carbocycles.